The normalized spacial score (nSPS) is 10.1. The van der Waals surface area contributed by atoms with E-state index < -0.39 is 11.9 Å². The van der Waals surface area contributed by atoms with Crippen LogP contribution in [-0.4, -0.2) is 16.5 Å². The summed E-state index contributed by atoms with van der Waals surface area (Å²) >= 11 is 0. The van der Waals surface area contributed by atoms with Crippen molar-refractivity contribution in [3.8, 4) is 0 Å². The van der Waals surface area contributed by atoms with Crippen molar-refractivity contribution < 1.29 is 8.78 Å². The highest BCUT2D eigenvalue weighted by atomic mass is 19.1. The van der Waals surface area contributed by atoms with Crippen LogP contribution in [0.15, 0.2) is 6.07 Å². The molecule has 0 atom stereocenters. The van der Waals surface area contributed by atoms with Crippen molar-refractivity contribution in [3.05, 3.63) is 18.0 Å². The molecule has 3 nitrogen and oxygen atoms in total. The number of halogens is 2. The molecule has 5 heteroatoms. The lowest BCUT2D eigenvalue weighted by Gasteiger charge is -2.02. The Morgan fingerprint density at radius 1 is 1.31 bits per heavy atom. The maximum atomic E-state index is 12.5. The first-order chi connectivity index (χ1) is 6.22. The van der Waals surface area contributed by atoms with Gasteiger partial charge in [-0.1, -0.05) is 13.3 Å². The first kappa shape index (κ1) is 9.83. The van der Waals surface area contributed by atoms with E-state index in [1.54, 1.807) is 0 Å². The predicted molar refractivity (Wildman–Crippen MR) is 45.3 cm³/mol. The Morgan fingerprint density at radius 2 is 1.92 bits per heavy atom. The highest BCUT2D eigenvalue weighted by Gasteiger charge is 2.01. The van der Waals surface area contributed by atoms with Crippen LogP contribution in [0.5, 0.6) is 0 Å². The molecule has 1 rings (SSSR count). The van der Waals surface area contributed by atoms with Gasteiger partial charge in [0.1, 0.15) is 0 Å². The second kappa shape index (κ2) is 4.69. The number of anilines is 1. The van der Waals surface area contributed by atoms with E-state index >= 15 is 0 Å². The fourth-order valence-corrected chi connectivity index (χ4v) is 0.846. The molecule has 0 bridgehead atoms. The molecule has 0 aliphatic rings. The zero-order valence-corrected chi connectivity index (χ0v) is 7.35. The molecule has 0 aliphatic heterocycles. The lowest BCUT2D eigenvalue weighted by atomic mass is 10.3. The largest absolute Gasteiger partial charge is 0.354 e. The molecule has 0 amide bonds. The van der Waals surface area contributed by atoms with Gasteiger partial charge in [-0.3, -0.25) is 0 Å². The third-order valence-electron chi connectivity index (χ3n) is 1.48. The van der Waals surface area contributed by atoms with E-state index in [9.17, 15) is 8.78 Å². The van der Waals surface area contributed by atoms with Crippen LogP contribution in [0.3, 0.4) is 0 Å². The van der Waals surface area contributed by atoms with Crippen LogP contribution in [-0.2, 0) is 0 Å². The smallest absolute Gasteiger partial charge is 0.228 e. The van der Waals surface area contributed by atoms with Crippen molar-refractivity contribution in [1.29, 1.82) is 0 Å². The van der Waals surface area contributed by atoms with E-state index in [0.29, 0.717) is 12.6 Å². The van der Waals surface area contributed by atoms with Gasteiger partial charge in [0.15, 0.2) is 0 Å². The Hall–Kier alpha value is -1.26. The summed E-state index contributed by atoms with van der Waals surface area (Å²) in [5.74, 6) is -1.70. The molecule has 1 N–H and O–H groups in total. The first-order valence-electron chi connectivity index (χ1n) is 4.16. The van der Waals surface area contributed by atoms with E-state index in [-0.39, 0.29) is 5.95 Å². The number of rotatable bonds is 4. The lowest BCUT2D eigenvalue weighted by molar-refractivity contribution is 0.527. The fraction of sp³-hybridized carbons (Fsp3) is 0.500. The SMILES string of the molecule is CCCCNc1nc(F)cc(F)n1. The molecule has 0 aromatic carbocycles. The molecule has 0 saturated heterocycles. The molecule has 72 valence electrons. The second-order valence-corrected chi connectivity index (χ2v) is 2.62. The van der Waals surface area contributed by atoms with Gasteiger partial charge in [0.2, 0.25) is 17.8 Å². The highest BCUT2D eigenvalue weighted by Crippen LogP contribution is 2.02. The van der Waals surface area contributed by atoms with Gasteiger partial charge in [0.25, 0.3) is 0 Å². The lowest BCUT2D eigenvalue weighted by Crippen LogP contribution is -2.07. The van der Waals surface area contributed by atoms with Gasteiger partial charge >= 0.3 is 0 Å². The molecule has 1 heterocycles. The molecule has 0 spiro atoms. The molecular formula is C8H11F2N3. The van der Waals surface area contributed by atoms with Crippen LogP contribution in [0.25, 0.3) is 0 Å². The third kappa shape index (κ3) is 3.31. The standard InChI is InChI=1S/C8H11F2N3/c1-2-3-4-11-8-12-6(9)5-7(10)13-8/h5H,2-4H2,1H3,(H,11,12,13). The van der Waals surface area contributed by atoms with Gasteiger partial charge in [0.05, 0.1) is 0 Å². The third-order valence-corrected chi connectivity index (χ3v) is 1.48. The molecular weight excluding hydrogens is 176 g/mol. The van der Waals surface area contributed by atoms with Crippen LogP contribution in [0.2, 0.25) is 0 Å². The van der Waals surface area contributed by atoms with Gasteiger partial charge in [0, 0.05) is 12.6 Å². The van der Waals surface area contributed by atoms with Gasteiger partial charge < -0.3 is 5.32 Å². The predicted octanol–water partition coefficient (Wildman–Crippen LogP) is 1.97. The van der Waals surface area contributed by atoms with Crippen molar-refractivity contribution in [2.24, 2.45) is 0 Å². The topological polar surface area (TPSA) is 37.8 Å². The number of aromatic nitrogens is 2. The van der Waals surface area contributed by atoms with Crippen LogP contribution in [0.1, 0.15) is 19.8 Å². The molecule has 13 heavy (non-hydrogen) atoms. The summed E-state index contributed by atoms with van der Waals surface area (Å²) in [4.78, 5) is 6.75. The van der Waals surface area contributed by atoms with E-state index in [1.807, 2.05) is 6.92 Å². The zero-order chi connectivity index (χ0) is 9.68. The van der Waals surface area contributed by atoms with Crippen molar-refractivity contribution in [2.45, 2.75) is 19.8 Å². The molecule has 0 aliphatic carbocycles. The highest BCUT2D eigenvalue weighted by molar-refractivity contribution is 5.22. The van der Waals surface area contributed by atoms with Gasteiger partial charge in [-0.2, -0.15) is 18.7 Å². The molecule has 0 saturated carbocycles. The average molecular weight is 187 g/mol. The van der Waals surface area contributed by atoms with Crippen molar-refractivity contribution in [2.75, 3.05) is 11.9 Å². The molecule has 0 fully saturated rings. The minimum absolute atomic E-state index is 0.00551. The van der Waals surface area contributed by atoms with Crippen LogP contribution < -0.4 is 5.32 Å². The Bertz CT molecular complexity index is 258. The Kier molecular flexibility index (Phi) is 3.54. The summed E-state index contributed by atoms with van der Waals surface area (Å²) in [7, 11) is 0. The zero-order valence-electron chi connectivity index (χ0n) is 7.35. The monoisotopic (exact) mass is 187 g/mol. The van der Waals surface area contributed by atoms with Gasteiger partial charge in [-0.25, -0.2) is 0 Å². The van der Waals surface area contributed by atoms with Crippen molar-refractivity contribution in [1.82, 2.24) is 9.97 Å². The molecule has 0 unspecified atom stereocenters. The van der Waals surface area contributed by atoms with Crippen LogP contribution in [0.4, 0.5) is 14.7 Å². The maximum absolute atomic E-state index is 12.5. The molecule has 1 aromatic heterocycles. The van der Waals surface area contributed by atoms with Crippen LogP contribution >= 0.6 is 0 Å². The summed E-state index contributed by atoms with van der Waals surface area (Å²) in [6, 6.07) is 0.644. The van der Waals surface area contributed by atoms with E-state index in [1.165, 1.54) is 0 Å². The van der Waals surface area contributed by atoms with E-state index in [4.69, 9.17) is 0 Å². The quantitative estimate of drug-likeness (QED) is 0.578. The molecule has 1 aromatic rings. The summed E-state index contributed by atoms with van der Waals surface area (Å²) in [6.07, 6.45) is 1.92. The number of nitrogens with one attached hydrogen (secondary N) is 1. The summed E-state index contributed by atoms with van der Waals surface area (Å²) in [6.45, 7) is 2.65. The van der Waals surface area contributed by atoms with E-state index in [2.05, 4.69) is 15.3 Å². The summed E-state index contributed by atoms with van der Waals surface area (Å²) in [5.41, 5.74) is 0. The van der Waals surface area contributed by atoms with Crippen LogP contribution in [0, 0.1) is 11.9 Å². The number of hydrogen-bond acceptors (Lipinski definition) is 3. The average Bonchev–Trinajstić information content (AvgIpc) is 2.03. The minimum Gasteiger partial charge on any atom is -0.354 e. The van der Waals surface area contributed by atoms with E-state index in [0.717, 1.165) is 12.8 Å². The number of unbranched alkanes of at least 4 members (excludes halogenated alkanes) is 1. The van der Waals surface area contributed by atoms with Gasteiger partial charge in [-0.05, 0) is 6.42 Å². The Morgan fingerprint density at radius 3 is 2.46 bits per heavy atom. The molecule has 0 radical (unpaired) electrons. The number of nitrogens with zero attached hydrogens (tertiary/aromatic N) is 2. The van der Waals surface area contributed by atoms with Gasteiger partial charge in [-0.15, -0.1) is 0 Å². The maximum Gasteiger partial charge on any atom is 0.228 e. The summed E-state index contributed by atoms with van der Waals surface area (Å²) in [5, 5.41) is 2.72. The Balaban J connectivity index is 2.56. The minimum atomic E-state index is -0.855. The Labute approximate surface area is 75.2 Å². The van der Waals surface area contributed by atoms with Crippen molar-refractivity contribution >= 4 is 5.95 Å². The number of hydrogen-bond donors (Lipinski definition) is 1. The fourth-order valence-electron chi connectivity index (χ4n) is 0.846. The summed E-state index contributed by atoms with van der Waals surface area (Å²) < 4.78 is 25.0. The second-order valence-electron chi connectivity index (χ2n) is 2.62. The van der Waals surface area contributed by atoms with Crippen molar-refractivity contribution in [3.63, 3.8) is 0 Å². The first-order valence-corrected chi connectivity index (χ1v) is 4.16.